The van der Waals surface area contributed by atoms with Gasteiger partial charge in [0.2, 0.25) is 5.88 Å². The number of nitrogens with zero attached hydrogens (tertiary/aromatic N) is 2. The Morgan fingerprint density at radius 3 is 2.65 bits per heavy atom. The molecule has 2 aromatic carbocycles. The van der Waals surface area contributed by atoms with Gasteiger partial charge in [-0.15, -0.1) is 0 Å². The quantitative estimate of drug-likeness (QED) is 0.732. The molecule has 0 aliphatic heterocycles. The van der Waals surface area contributed by atoms with E-state index in [0.29, 0.717) is 23.6 Å². The molecule has 1 N–H and O–H groups in total. The molecule has 0 bridgehead atoms. The van der Waals surface area contributed by atoms with Gasteiger partial charge in [0.25, 0.3) is 5.91 Å². The maximum absolute atomic E-state index is 13.0. The molecule has 0 radical (unpaired) electrons. The SMILES string of the molecule is CCOc1ccc2ccccc2c1C(=O)Nc1cnc(OC)nc1OC. The molecule has 0 aliphatic carbocycles. The lowest BCUT2D eigenvalue weighted by molar-refractivity contribution is 0.102. The van der Waals surface area contributed by atoms with Crippen molar-refractivity contribution in [2.24, 2.45) is 0 Å². The van der Waals surface area contributed by atoms with Crippen molar-refractivity contribution in [3.8, 4) is 17.6 Å². The number of fused-ring (bicyclic) bond motifs is 1. The Kier molecular flexibility index (Phi) is 5.17. The molecule has 3 aromatic rings. The topological polar surface area (TPSA) is 82.6 Å². The second-order valence-corrected chi connectivity index (χ2v) is 5.33. The number of ether oxygens (including phenoxy) is 3. The van der Waals surface area contributed by atoms with E-state index >= 15 is 0 Å². The highest BCUT2D eigenvalue weighted by atomic mass is 16.5. The van der Waals surface area contributed by atoms with E-state index in [9.17, 15) is 4.79 Å². The molecule has 7 heteroatoms. The molecule has 0 unspecified atom stereocenters. The molecule has 1 aromatic heterocycles. The molecule has 1 amide bonds. The summed E-state index contributed by atoms with van der Waals surface area (Å²) in [6, 6.07) is 11.5. The third-order valence-electron chi connectivity index (χ3n) is 3.77. The number of anilines is 1. The summed E-state index contributed by atoms with van der Waals surface area (Å²) in [6.07, 6.45) is 1.44. The number of hydrogen-bond acceptors (Lipinski definition) is 6. The van der Waals surface area contributed by atoms with Crippen molar-refractivity contribution in [3.05, 3.63) is 48.2 Å². The number of carbonyl (C=O) groups excluding carboxylic acids is 1. The summed E-state index contributed by atoms with van der Waals surface area (Å²) in [5, 5.41) is 4.53. The second-order valence-electron chi connectivity index (χ2n) is 5.33. The van der Waals surface area contributed by atoms with Gasteiger partial charge in [0.15, 0.2) is 0 Å². The number of benzene rings is 2. The Morgan fingerprint density at radius 2 is 1.92 bits per heavy atom. The zero-order chi connectivity index (χ0) is 18.5. The molecule has 7 nitrogen and oxygen atoms in total. The fraction of sp³-hybridized carbons (Fsp3) is 0.211. The predicted molar refractivity (Wildman–Crippen MR) is 98.2 cm³/mol. The number of rotatable bonds is 6. The number of hydrogen-bond donors (Lipinski definition) is 1. The van der Waals surface area contributed by atoms with Gasteiger partial charge in [-0.1, -0.05) is 30.3 Å². The minimum absolute atomic E-state index is 0.153. The number of nitrogens with one attached hydrogen (secondary N) is 1. The minimum atomic E-state index is -0.336. The van der Waals surface area contributed by atoms with Crippen molar-refractivity contribution < 1.29 is 19.0 Å². The summed E-state index contributed by atoms with van der Waals surface area (Å²) < 4.78 is 15.8. The fourth-order valence-corrected chi connectivity index (χ4v) is 2.64. The van der Waals surface area contributed by atoms with E-state index in [1.165, 1.54) is 20.4 Å². The van der Waals surface area contributed by atoms with Crippen LogP contribution < -0.4 is 19.5 Å². The van der Waals surface area contributed by atoms with E-state index < -0.39 is 0 Å². The highest BCUT2D eigenvalue weighted by molar-refractivity contribution is 6.15. The predicted octanol–water partition coefficient (Wildman–Crippen LogP) is 3.30. The second kappa shape index (κ2) is 7.69. The molecule has 0 spiro atoms. The van der Waals surface area contributed by atoms with Gasteiger partial charge >= 0.3 is 6.01 Å². The average molecular weight is 353 g/mol. The summed E-state index contributed by atoms with van der Waals surface area (Å²) >= 11 is 0. The summed E-state index contributed by atoms with van der Waals surface area (Å²) in [7, 11) is 2.92. The Morgan fingerprint density at radius 1 is 1.12 bits per heavy atom. The van der Waals surface area contributed by atoms with Crippen LogP contribution in [0.4, 0.5) is 5.69 Å². The van der Waals surface area contributed by atoms with Gasteiger partial charge in [-0.3, -0.25) is 4.79 Å². The zero-order valence-electron chi connectivity index (χ0n) is 14.8. The molecular weight excluding hydrogens is 334 g/mol. The van der Waals surface area contributed by atoms with Gasteiger partial charge in [-0.25, -0.2) is 4.98 Å². The van der Waals surface area contributed by atoms with Crippen LogP contribution in [0.15, 0.2) is 42.6 Å². The zero-order valence-corrected chi connectivity index (χ0v) is 14.8. The first kappa shape index (κ1) is 17.5. The van der Waals surface area contributed by atoms with Crippen LogP contribution in [0.25, 0.3) is 10.8 Å². The third-order valence-corrected chi connectivity index (χ3v) is 3.77. The summed E-state index contributed by atoms with van der Waals surface area (Å²) in [5.74, 6) is 0.387. The maximum Gasteiger partial charge on any atom is 0.319 e. The number of carbonyl (C=O) groups is 1. The first-order valence-corrected chi connectivity index (χ1v) is 8.08. The van der Waals surface area contributed by atoms with Crippen molar-refractivity contribution in [1.29, 1.82) is 0 Å². The molecule has 134 valence electrons. The Labute approximate surface area is 150 Å². The minimum Gasteiger partial charge on any atom is -0.493 e. The Bertz CT molecular complexity index is 943. The lowest BCUT2D eigenvalue weighted by atomic mass is 10.0. The van der Waals surface area contributed by atoms with E-state index in [1.54, 1.807) is 6.07 Å². The van der Waals surface area contributed by atoms with Crippen LogP contribution >= 0.6 is 0 Å². The normalized spacial score (nSPS) is 10.4. The van der Waals surface area contributed by atoms with Crippen molar-refractivity contribution in [3.63, 3.8) is 0 Å². The molecule has 26 heavy (non-hydrogen) atoms. The molecule has 0 atom stereocenters. The Hall–Kier alpha value is -3.35. The van der Waals surface area contributed by atoms with E-state index in [4.69, 9.17) is 14.2 Å². The maximum atomic E-state index is 13.0. The van der Waals surface area contributed by atoms with Crippen LogP contribution in [0.1, 0.15) is 17.3 Å². The van der Waals surface area contributed by atoms with Crippen molar-refractivity contribution in [2.45, 2.75) is 6.92 Å². The van der Waals surface area contributed by atoms with Gasteiger partial charge in [-0.2, -0.15) is 4.98 Å². The first-order valence-electron chi connectivity index (χ1n) is 8.08. The van der Waals surface area contributed by atoms with Crippen molar-refractivity contribution >= 4 is 22.4 Å². The molecule has 0 aliphatic rings. The van der Waals surface area contributed by atoms with E-state index in [2.05, 4.69) is 15.3 Å². The van der Waals surface area contributed by atoms with Crippen molar-refractivity contribution in [2.75, 3.05) is 26.1 Å². The lowest BCUT2D eigenvalue weighted by Gasteiger charge is -2.14. The molecule has 1 heterocycles. The molecule has 0 saturated carbocycles. The first-order chi connectivity index (χ1) is 12.7. The van der Waals surface area contributed by atoms with Gasteiger partial charge in [0.05, 0.1) is 32.6 Å². The fourth-order valence-electron chi connectivity index (χ4n) is 2.64. The number of methoxy groups -OCH3 is 2. The van der Waals surface area contributed by atoms with Gasteiger partial charge < -0.3 is 19.5 Å². The van der Waals surface area contributed by atoms with Crippen LogP contribution in [0.2, 0.25) is 0 Å². The smallest absolute Gasteiger partial charge is 0.319 e. The van der Waals surface area contributed by atoms with Crippen LogP contribution in [-0.4, -0.2) is 36.7 Å². The number of amides is 1. The highest BCUT2D eigenvalue weighted by Crippen LogP contribution is 2.30. The molecule has 3 rings (SSSR count). The van der Waals surface area contributed by atoms with Crippen LogP contribution in [0.5, 0.6) is 17.6 Å². The standard InChI is InChI=1S/C19H19N3O4/c1-4-26-15-10-9-12-7-5-6-8-13(12)16(15)17(23)21-14-11-20-19(25-3)22-18(14)24-2/h5-11H,4H2,1-3H3,(H,21,23). The molecular formula is C19H19N3O4. The third kappa shape index (κ3) is 3.37. The highest BCUT2D eigenvalue weighted by Gasteiger charge is 2.19. The van der Waals surface area contributed by atoms with E-state index in [1.807, 2.05) is 37.3 Å². The number of aromatic nitrogens is 2. The van der Waals surface area contributed by atoms with E-state index in [-0.39, 0.29) is 17.8 Å². The summed E-state index contributed by atoms with van der Waals surface area (Å²) in [5.41, 5.74) is 0.788. The van der Waals surface area contributed by atoms with Crippen LogP contribution in [0, 0.1) is 0 Å². The van der Waals surface area contributed by atoms with Crippen LogP contribution in [0.3, 0.4) is 0 Å². The molecule has 0 fully saturated rings. The van der Waals surface area contributed by atoms with Crippen LogP contribution in [-0.2, 0) is 0 Å². The van der Waals surface area contributed by atoms with E-state index in [0.717, 1.165) is 10.8 Å². The van der Waals surface area contributed by atoms with Gasteiger partial charge in [0, 0.05) is 0 Å². The largest absolute Gasteiger partial charge is 0.493 e. The summed E-state index contributed by atoms with van der Waals surface area (Å²) in [4.78, 5) is 21.1. The van der Waals surface area contributed by atoms with Gasteiger partial charge in [0.1, 0.15) is 11.4 Å². The average Bonchev–Trinajstić information content (AvgIpc) is 2.68. The van der Waals surface area contributed by atoms with Crippen molar-refractivity contribution in [1.82, 2.24) is 9.97 Å². The Balaban J connectivity index is 2.03. The lowest BCUT2D eigenvalue weighted by Crippen LogP contribution is -2.15. The summed E-state index contributed by atoms with van der Waals surface area (Å²) in [6.45, 7) is 2.32. The van der Waals surface area contributed by atoms with Gasteiger partial charge in [-0.05, 0) is 23.8 Å². The molecule has 0 saturated heterocycles. The monoisotopic (exact) mass is 353 g/mol.